The summed E-state index contributed by atoms with van der Waals surface area (Å²) in [4.78, 5) is 28.7. The van der Waals surface area contributed by atoms with Gasteiger partial charge in [0.25, 0.3) is 15.9 Å². The van der Waals surface area contributed by atoms with Gasteiger partial charge in [-0.3, -0.25) is 14.5 Å². The third kappa shape index (κ3) is 6.96. The molecule has 198 valence electrons. The van der Waals surface area contributed by atoms with Gasteiger partial charge in [-0.25, -0.2) is 18.4 Å². The van der Waals surface area contributed by atoms with Gasteiger partial charge < -0.3 is 15.0 Å². The van der Waals surface area contributed by atoms with E-state index in [1.807, 2.05) is 11.6 Å². The van der Waals surface area contributed by atoms with E-state index < -0.39 is 27.7 Å². The van der Waals surface area contributed by atoms with Crippen molar-refractivity contribution in [3.63, 3.8) is 0 Å². The van der Waals surface area contributed by atoms with E-state index in [4.69, 9.17) is 4.74 Å². The number of anilines is 1. The van der Waals surface area contributed by atoms with Gasteiger partial charge in [0, 0.05) is 18.4 Å². The molecule has 0 bridgehead atoms. The lowest BCUT2D eigenvalue weighted by atomic mass is 10.1. The van der Waals surface area contributed by atoms with Crippen LogP contribution in [0.15, 0.2) is 42.9 Å². The van der Waals surface area contributed by atoms with E-state index in [-0.39, 0.29) is 10.7 Å². The number of nitrogens with zero attached hydrogens (tertiary/aromatic N) is 4. The number of thiazole rings is 1. The van der Waals surface area contributed by atoms with Crippen LogP contribution in [0.2, 0.25) is 0 Å². The number of likely N-dealkylation sites (tertiary alicyclic amines) is 1. The molecule has 4 rings (SSSR count). The smallest absolute Gasteiger partial charge is 0.355 e. The Hall–Kier alpha value is -3.23. The zero-order valence-electron chi connectivity index (χ0n) is 19.9. The summed E-state index contributed by atoms with van der Waals surface area (Å²) in [6.45, 7) is 4.47. The minimum Gasteiger partial charge on any atom is -0.477 e. The summed E-state index contributed by atoms with van der Waals surface area (Å²) in [5.74, 6) is -3.62. The van der Waals surface area contributed by atoms with Gasteiger partial charge in [-0.15, -0.1) is 11.3 Å². The molecule has 0 unspecified atom stereocenters. The van der Waals surface area contributed by atoms with Crippen LogP contribution in [0.5, 0.6) is 5.88 Å². The number of sulfonamides is 1. The van der Waals surface area contributed by atoms with Crippen molar-refractivity contribution in [2.75, 3.05) is 31.0 Å². The summed E-state index contributed by atoms with van der Waals surface area (Å²) in [6, 6.07) is 5.55. The molecule has 1 aromatic carbocycles. The van der Waals surface area contributed by atoms with Gasteiger partial charge >= 0.3 is 5.76 Å². The Kier molecular flexibility index (Phi) is 8.61. The number of carbonyl (C=O) groups excluding carboxylic acids is 1. The van der Waals surface area contributed by atoms with Crippen LogP contribution in [-0.2, 0) is 10.0 Å². The van der Waals surface area contributed by atoms with E-state index in [1.54, 1.807) is 18.3 Å². The van der Waals surface area contributed by atoms with Crippen LogP contribution in [0.25, 0.3) is 10.6 Å². The second-order valence-electron chi connectivity index (χ2n) is 8.27. The van der Waals surface area contributed by atoms with Crippen LogP contribution in [0.1, 0.15) is 41.2 Å². The number of benzene rings is 1. The Morgan fingerprint density at radius 2 is 2.00 bits per heavy atom. The van der Waals surface area contributed by atoms with E-state index in [1.165, 1.54) is 24.5 Å². The molecule has 10 nitrogen and oxygen atoms in total. The lowest BCUT2D eigenvalue weighted by Crippen LogP contribution is -2.37. The topological polar surface area (TPSA) is 126 Å². The maximum atomic E-state index is 13.2. The normalized spacial score (nSPS) is 15.0. The zero-order valence-corrected chi connectivity index (χ0v) is 21.6. The number of rotatable bonds is 11. The Balaban J connectivity index is 1.54. The first kappa shape index (κ1) is 26.8. The summed E-state index contributed by atoms with van der Waals surface area (Å²) in [5.41, 5.74) is 1.08. The predicted molar refractivity (Wildman–Crippen MR) is 135 cm³/mol. The summed E-state index contributed by atoms with van der Waals surface area (Å²) >= 11 is 1.15. The fourth-order valence-corrected chi connectivity index (χ4v) is 5.21. The molecule has 3 aromatic rings. The fraction of sp³-hybridized carbons (Fsp3) is 0.391. The molecule has 0 saturated carbocycles. The average Bonchev–Trinajstić information content (AvgIpc) is 3.56. The van der Waals surface area contributed by atoms with Crippen LogP contribution in [0.4, 0.5) is 14.5 Å². The largest absolute Gasteiger partial charge is 0.477 e. The lowest BCUT2D eigenvalue weighted by molar-refractivity contribution is 0.0926. The molecule has 1 fully saturated rings. The molecule has 1 aliphatic heterocycles. The van der Waals surface area contributed by atoms with Crippen molar-refractivity contribution in [2.45, 2.75) is 31.6 Å². The first-order chi connectivity index (χ1) is 17.7. The van der Waals surface area contributed by atoms with Crippen LogP contribution in [0.3, 0.4) is 0 Å². The molecule has 0 radical (unpaired) electrons. The number of halogens is 2. The third-order valence-electron chi connectivity index (χ3n) is 5.59. The highest BCUT2D eigenvalue weighted by molar-refractivity contribution is 7.93. The monoisotopic (exact) mass is 552 g/mol. The molecular weight excluding hydrogens is 526 g/mol. The van der Waals surface area contributed by atoms with Crippen LogP contribution in [0, 0.1) is 0 Å². The predicted octanol–water partition coefficient (Wildman–Crippen LogP) is 3.53. The van der Waals surface area contributed by atoms with Crippen molar-refractivity contribution >= 4 is 33.0 Å². The van der Waals surface area contributed by atoms with E-state index in [0.29, 0.717) is 35.2 Å². The summed E-state index contributed by atoms with van der Waals surface area (Å²) < 4.78 is 56.2. The maximum absolute atomic E-state index is 13.2. The Bertz CT molecular complexity index is 1330. The van der Waals surface area contributed by atoms with Gasteiger partial charge in [0.05, 0.1) is 29.9 Å². The van der Waals surface area contributed by atoms with Gasteiger partial charge in [0.15, 0.2) is 5.01 Å². The number of nitrogens with one attached hydrogen (secondary N) is 2. The van der Waals surface area contributed by atoms with Crippen molar-refractivity contribution in [1.82, 2.24) is 25.2 Å². The van der Waals surface area contributed by atoms with Crippen molar-refractivity contribution in [2.24, 2.45) is 0 Å². The van der Waals surface area contributed by atoms with E-state index >= 15 is 0 Å². The number of carbonyl (C=O) groups is 1. The molecule has 0 aliphatic carbocycles. The summed E-state index contributed by atoms with van der Waals surface area (Å²) in [6.07, 6.45) is 6.66. The van der Waals surface area contributed by atoms with Crippen LogP contribution >= 0.6 is 11.3 Å². The van der Waals surface area contributed by atoms with Gasteiger partial charge in [-0.2, -0.15) is 8.78 Å². The SMILES string of the molecule is CCOc1cncc(-c2cnc(C(=O)N[C@H](CN3CCCC3)c3cccc(NS(=O)(=O)C(F)F)c3)s2)n1. The zero-order chi connectivity index (χ0) is 26.4. The molecule has 2 aromatic heterocycles. The minimum absolute atomic E-state index is 0.0113. The highest BCUT2D eigenvalue weighted by Gasteiger charge is 2.26. The first-order valence-electron chi connectivity index (χ1n) is 11.6. The quantitative estimate of drug-likeness (QED) is 0.370. The molecular formula is C23H26F2N6O4S2. The van der Waals surface area contributed by atoms with Crippen molar-refractivity contribution in [1.29, 1.82) is 0 Å². The molecule has 1 amide bonds. The summed E-state index contributed by atoms with van der Waals surface area (Å²) in [5, 5.41) is 3.17. The second kappa shape index (κ2) is 11.9. The Morgan fingerprint density at radius 1 is 1.22 bits per heavy atom. The summed E-state index contributed by atoms with van der Waals surface area (Å²) in [7, 11) is -4.82. The number of hydrogen-bond acceptors (Lipinski definition) is 9. The van der Waals surface area contributed by atoms with Crippen molar-refractivity contribution < 1.29 is 26.7 Å². The number of aromatic nitrogens is 3. The number of alkyl halides is 2. The molecule has 0 spiro atoms. The maximum Gasteiger partial charge on any atom is 0.355 e. The molecule has 3 heterocycles. The van der Waals surface area contributed by atoms with Crippen LogP contribution in [-0.4, -0.2) is 66.2 Å². The Labute approximate surface area is 217 Å². The average molecular weight is 553 g/mol. The molecule has 14 heteroatoms. The Morgan fingerprint density at radius 3 is 2.73 bits per heavy atom. The molecule has 1 atom stereocenters. The third-order valence-corrected chi connectivity index (χ3v) is 7.59. The number of amides is 1. The van der Waals surface area contributed by atoms with E-state index in [0.717, 1.165) is 37.3 Å². The number of ether oxygens (including phenoxy) is 1. The van der Waals surface area contributed by atoms with Crippen LogP contribution < -0.4 is 14.8 Å². The van der Waals surface area contributed by atoms with E-state index in [9.17, 15) is 22.0 Å². The lowest BCUT2D eigenvalue weighted by Gasteiger charge is -2.25. The van der Waals surface area contributed by atoms with Crippen molar-refractivity contribution in [3.8, 4) is 16.5 Å². The molecule has 2 N–H and O–H groups in total. The fourth-order valence-electron chi connectivity index (χ4n) is 3.89. The second-order valence-corrected chi connectivity index (χ2v) is 11.0. The molecule has 1 saturated heterocycles. The van der Waals surface area contributed by atoms with Crippen molar-refractivity contribution in [3.05, 3.63) is 53.4 Å². The van der Waals surface area contributed by atoms with Gasteiger partial charge in [0.2, 0.25) is 5.88 Å². The minimum atomic E-state index is -4.82. The highest BCUT2D eigenvalue weighted by Crippen LogP contribution is 2.27. The van der Waals surface area contributed by atoms with E-state index in [2.05, 4.69) is 25.2 Å². The highest BCUT2D eigenvalue weighted by atomic mass is 32.2. The van der Waals surface area contributed by atoms with Gasteiger partial charge in [-0.05, 0) is 50.6 Å². The van der Waals surface area contributed by atoms with Gasteiger partial charge in [-0.1, -0.05) is 12.1 Å². The molecule has 37 heavy (non-hydrogen) atoms. The standard InChI is InChI=1S/C23H26F2N6O4S2/c1-2-35-20-13-26-11-17(28-20)19-12-27-22(36-19)21(32)29-18(14-31-8-3-4-9-31)15-6-5-7-16(10-15)30-37(33,34)23(24)25/h5-7,10-13,18,23,30H,2-4,8-9,14H2,1H3,(H,29,32)/t18-/m1/s1. The number of hydrogen-bond donors (Lipinski definition) is 2. The van der Waals surface area contributed by atoms with Gasteiger partial charge in [0.1, 0.15) is 5.69 Å². The first-order valence-corrected chi connectivity index (χ1v) is 14.0. The molecule has 1 aliphatic rings.